The van der Waals surface area contributed by atoms with Gasteiger partial charge in [0.05, 0.1) is 12.9 Å². The topological polar surface area (TPSA) is 64.6 Å². The van der Waals surface area contributed by atoms with E-state index >= 15 is 0 Å². The molecule has 0 amide bonds. The number of nitrogens with one attached hydrogen (secondary N) is 1. The van der Waals surface area contributed by atoms with Crippen molar-refractivity contribution in [3.63, 3.8) is 0 Å². The fraction of sp³-hybridized carbons (Fsp3) is 0.600. The van der Waals surface area contributed by atoms with Crippen LogP contribution in [0.25, 0.3) is 0 Å². The Morgan fingerprint density at radius 2 is 2.05 bits per heavy atom. The Kier molecular flexibility index (Phi) is 5.47. The summed E-state index contributed by atoms with van der Waals surface area (Å²) in [5.74, 6) is 1.38. The first-order chi connectivity index (χ1) is 10.0. The van der Waals surface area contributed by atoms with Crippen molar-refractivity contribution in [1.29, 1.82) is 0 Å². The van der Waals surface area contributed by atoms with Crippen molar-refractivity contribution >= 4 is 9.84 Å². The maximum Gasteiger partial charge on any atom is 0.161 e. The van der Waals surface area contributed by atoms with Gasteiger partial charge in [-0.15, -0.1) is 0 Å². The molecular weight excluding hydrogens is 290 g/mol. The van der Waals surface area contributed by atoms with Crippen LogP contribution in [0.4, 0.5) is 0 Å². The molecule has 5 nitrogen and oxygen atoms in total. The van der Waals surface area contributed by atoms with Crippen LogP contribution in [0.15, 0.2) is 18.2 Å². The van der Waals surface area contributed by atoms with E-state index in [0.29, 0.717) is 17.5 Å². The zero-order valence-corrected chi connectivity index (χ0v) is 13.4. The zero-order valence-electron chi connectivity index (χ0n) is 12.6. The number of hydrogen-bond acceptors (Lipinski definition) is 5. The number of rotatable bonds is 9. The van der Waals surface area contributed by atoms with Crippen LogP contribution in [-0.4, -0.2) is 39.7 Å². The Balaban J connectivity index is 1.92. The second kappa shape index (κ2) is 7.13. The lowest BCUT2D eigenvalue weighted by atomic mass is 10.2. The summed E-state index contributed by atoms with van der Waals surface area (Å²) in [6, 6.07) is 6.40. The molecular formula is C15H23NO4S. The van der Waals surface area contributed by atoms with Gasteiger partial charge in [-0.2, -0.15) is 0 Å². The molecule has 0 spiro atoms. The third-order valence-corrected chi connectivity index (χ3v) is 5.16. The lowest BCUT2D eigenvalue weighted by molar-refractivity contribution is 0.311. The summed E-state index contributed by atoms with van der Waals surface area (Å²) in [5.41, 5.74) is 1.13. The number of methoxy groups -OCH3 is 1. The van der Waals surface area contributed by atoms with Gasteiger partial charge < -0.3 is 14.8 Å². The van der Waals surface area contributed by atoms with E-state index in [9.17, 15) is 8.42 Å². The van der Waals surface area contributed by atoms with Crippen LogP contribution < -0.4 is 14.8 Å². The molecule has 1 N–H and O–H groups in total. The molecule has 6 heteroatoms. The maximum absolute atomic E-state index is 11.4. The SMILES string of the molecule is CCS(=O)(=O)CCOc1ccc(CNC2CC2)cc1OC. The van der Waals surface area contributed by atoms with Gasteiger partial charge in [-0.25, -0.2) is 8.42 Å². The van der Waals surface area contributed by atoms with Crippen molar-refractivity contribution in [2.24, 2.45) is 0 Å². The molecule has 118 valence electrons. The largest absolute Gasteiger partial charge is 0.493 e. The van der Waals surface area contributed by atoms with E-state index in [1.165, 1.54) is 12.8 Å². The average Bonchev–Trinajstić information content (AvgIpc) is 3.30. The second-order valence-corrected chi connectivity index (χ2v) is 7.70. The summed E-state index contributed by atoms with van der Waals surface area (Å²) in [6.07, 6.45) is 2.51. The molecule has 0 saturated heterocycles. The Labute approximate surface area is 126 Å². The molecule has 0 radical (unpaired) electrons. The van der Waals surface area contributed by atoms with Crippen LogP contribution in [-0.2, 0) is 16.4 Å². The average molecular weight is 313 g/mol. The third-order valence-electron chi connectivity index (χ3n) is 3.49. The third kappa shape index (κ3) is 5.21. The minimum atomic E-state index is -3.00. The highest BCUT2D eigenvalue weighted by Crippen LogP contribution is 2.28. The molecule has 1 saturated carbocycles. The molecule has 2 rings (SSSR count). The van der Waals surface area contributed by atoms with Crippen LogP contribution in [0.1, 0.15) is 25.3 Å². The van der Waals surface area contributed by atoms with Crippen LogP contribution >= 0.6 is 0 Å². The summed E-state index contributed by atoms with van der Waals surface area (Å²) in [5, 5.41) is 3.44. The Morgan fingerprint density at radius 3 is 2.67 bits per heavy atom. The van der Waals surface area contributed by atoms with Gasteiger partial charge in [0.25, 0.3) is 0 Å². The molecule has 1 aromatic carbocycles. The molecule has 0 bridgehead atoms. The summed E-state index contributed by atoms with van der Waals surface area (Å²) in [4.78, 5) is 0. The smallest absolute Gasteiger partial charge is 0.161 e. The van der Waals surface area contributed by atoms with Crippen LogP contribution in [0, 0.1) is 0 Å². The molecule has 1 aliphatic carbocycles. The fourth-order valence-corrected chi connectivity index (χ4v) is 2.54. The van der Waals surface area contributed by atoms with Gasteiger partial charge >= 0.3 is 0 Å². The molecule has 1 aromatic rings. The highest BCUT2D eigenvalue weighted by molar-refractivity contribution is 7.91. The zero-order chi connectivity index (χ0) is 15.3. The lowest BCUT2D eigenvalue weighted by Gasteiger charge is -2.12. The molecule has 0 aromatic heterocycles. The van der Waals surface area contributed by atoms with Crippen LogP contribution in [0.3, 0.4) is 0 Å². The van der Waals surface area contributed by atoms with Gasteiger partial charge in [0.2, 0.25) is 0 Å². The lowest BCUT2D eigenvalue weighted by Crippen LogP contribution is -2.16. The molecule has 0 atom stereocenters. The standard InChI is InChI=1S/C15H23NO4S/c1-3-21(17,18)9-8-20-14-7-4-12(10-15(14)19-2)11-16-13-5-6-13/h4,7,10,13,16H,3,5-6,8-9,11H2,1-2H3. The van der Waals surface area contributed by atoms with E-state index in [-0.39, 0.29) is 18.1 Å². The highest BCUT2D eigenvalue weighted by atomic mass is 32.2. The summed E-state index contributed by atoms with van der Waals surface area (Å²) >= 11 is 0. The number of benzene rings is 1. The molecule has 1 aliphatic rings. The van der Waals surface area contributed by atoms with Gasteiger partial charge in [0.1, 0.15) is 6.61 Å². The van der Waals surface area contributed by atoms with E-state index in [0.717, 1.165) is 12.1 Å². The van der Waals surface area contributed by atoms with Crippen molar-refractivity contribution in [1.82, 2.24) is 5.32 Å². The Morgan fingerprint density at radius 1 is 1.29 bits per heavy atom. The van der Waals surface area contributed by atoms with E-state index in [1.807, 2.05) is 18.2 Å². The van der Waals surface area contributed by atoms with Crippen LogP contribution in [0.2, 0.25) is 0 Å². The van der Waals surface area contributed by atoms with Gasteiger partial charge in [0.15, 0.2) is 21.3 Å². The van der Waals surface area contributed by atoms with E-state index in [1.54, 1.807) is 14.0 Å². The minimum Gasteiger partial charge on any atom is -0.493 e. The molecule has 0 aliphatic heterocycles. The van der Waals surface area contributed by atoms with Crippen LogP contribution in [0.5, 0.6) is 11.5 Å². The van der Waals surface area contributed by atoms with Gasteiger partial charge in [-0.3, -0.25) is 0 Å². The highest BCUT2D eigenvalue weighted by Gasteiger charge is 2.20. The normalized spacial score (nSPS) is 15.0. The Bertz CT molecular complexity index is 567. The number of ether oxygens (including phenoxy) is 2. The van der Waals surface area contributed by atoms with Gasteiger partial charge in [-0.1, -0.05) is 13.0 Å². The summed E-state index contributed by atoms with van der Waals surface area (Å²) in [7, 11) is -1.42. The van der Waals surface area contributed by atoms with Gasteiger partial charge in [-0.05, 0) is 30.5 Å². The van der Waals surface area contributed by atoms with E-state index in [2.05, 4.69) is 5.32 Å². The predicted octanol–water partition coefficient (Wildman–Crippen LogP) is 1.76. The fourth-order valence-electron chi connectivity index (χ4n) is 1.91. The number of sulfone groups is 1. The molecule has 21 heavy (non-hydrogen) atoms. The molecule has 0 unspecified atom stereocenters. The van der Waals surface area contributed by atoms with E-state index in [4.69, 9.17) is 9.47 Å². The predicted molar refractivity (Wildman–Crippen MR) is 82.7 cm³/mol. The first kappa shape index (κ1) is 16.1. The molecule has 1 fully saturated rings. The summed E-state index contributed by atoms with van der Waals surface area (Å²) in [6.45, 7) is 2.59. The van der Waals surface area contributed by atoms with Crippen molar-refractivity contribution < 1.29 is 17.9 Å². The minimum absolute atomic E-state index is 0.0254. The Hall–Kier alpha value is -1.27. The van der Waals surface area contributed by atoms with Crippen molar-refractivity contribution in [3.8, 4) is 11.5 Å². The van der Waals surface area contributed by atoms with Gasteiger partial charge in [0, 0.05) is 18.3 Å². The quantitative estimate of drug-likeness (QED) is 0.752. The maximum atomic E-state index is 11.4. The second-order valence-electron chi connectivity index (χ2n) is 5.23. The van der Waals surface area contributed by atoms with Crippen molar-refractivity contribution in [3.05, 3.63) is 23.8 Å². The molecule has 0 heterocycles. The van der Waals surface area contributed by atoms with Crippen molar-refractivity contribution in [2.75, 3.05) is 25.2 Å². The number of hydrogen-bond donors (Lipinski definition) is 1. The van der Waals surface area contributed by atoms with Crippen molar-refractivity contribution in [2.45, 2.75) is 32.4 Å². The first-order valence-electron chi connectivity index (χ1n) is 7.27. The van der Waals surface area contributed by atoms with E-state index < -0.39 is 9.84 Å². The monoisotopic (exact) mass is 313 g/mol. The first-order valence-corrected chi connectivity index (χ1v) is 9.09. The summed E-state index contributed by atoms with van der Waals surface area (Å²) < 4.78 is 33.7.